The Bertz CT molecular complexity index is 66.8. The molecule has 4 heteroatoms. The first kappa shape index (κ1) is 9.84. The minimum atomic E-state index is 0.00940. The van der Waals surface area contributed by atoms with Gasteiger partial charge in [0.25, 0.3) is 0 Å². The third kappa shape index (κ3) is 4.69. The van der Waals surface area contributed by atoms with Gasteiger partial charge in [0, 0.05) is 26.2 Å². The van der Waals surface area contributed by atoms with Gasteiger partial charge in [0.05, 0.1) is 13.2 Å². The molecule has 0 heterocycles. The summed E-state index contributed by atoms with van der Waals surface area (Å²) >= 11 is 0. The fourth-order valence-corrected chi connectivity index (χ4v) is 0.588. The SMILES string of the molecule is COCCNC(CN)CO. The molecule has 4 nitrogen and oxygen atoms in total. The molecule has 0 saturated carbocycles. The first-order chi connectivity index (χ1) is 4.85. The van der Waals surface area contributed by atoms with Gasteiger partial charge in [-0.3, -0.25) is 0 Å². The van der Waals surface area contributed by atoms with Crippen LogP contribution in [0.3, 0.4) is 0 Å². The van der Waals surface area contributed by atoms with Gasteiger partial charge in [0.15, 0.2) is 0 Å². The van der Waals surface area contributed by atoms with Crippen LogP contribution in [0, 0.1) is 0 Å². The molecule has 0 aliphatic heterocycles. The summed E-state index contributed by atoms with van der Waals surface area (Å²) in [4.78, 5) is 0. The summed E-state index contributed by atoms with van der Waals surface area (Å²) in [5.74, 6) is 0. The molecule has 0 fully saturated rings. The van der Waals surface area contributed by atoms with Gasteiger partial charge in [-0.2, -0.15) is 0 Å². The average molecular weight is 148 g/mol. The zero-order valence-electron chi connectivity index (χ0n) is 6.34. The zero-order chi connectivity index (χ0) is 7.82. The minimum Gasteiger partial charge on any atom is -0.395 e. The van der Waals surface area contributed by atoms with E-state index in [0.717, 1.165) is 6.54 Å². The van der Waals surface area contributed by atoms with E-state index in [-0.39, 0.29) is 12.6 Å². The van der Waals surface area contributed by atoms with Crippen LogP contribution in [0.2, 0.25) is 0 Å². The largest absolute Gasteiger partial charge is 0.395 e. The molecule has 0 aliphatic rings. The van der Waals surface area contributed by atoms with Crippen molar-refractivity contribution in [3.8, 4) is 0 Å². The van der Waals surface area contributed by atoms with Crippen molar-refractivity contribution >= 4 is 0 Å². The van der Waals surface area contributed by atoms with Crippen molar-refractivity contribution in [1.29, 1.82) is 0 Å². The van der Waals surface area contributed by atoms with E-state index in [2.05, 4.69) is 5.32 Å². The maximum absolute atomic E-state index is 8.64. The van der Waals surface area contributed by atoms with Crippen molar-refractivity contribution in [1.82, 2.24) is 5.32 Å². The monoisotopic (exact) mass is 148 g/mol. The highest BCUT2D eigenvalue weighted by Crippen LogP contribution is 1.75. The van der Waals surface area contributed by atoms with Gasteiger partial charge >= 0.3 is 0 Å². The predicted octanol–water partition coefficient (Wildman–Crippen LogP) is -1.46. The maximum Gasteiger partial charge on any atom is 0.0597 e. The van der Waals surface area contributed by atoms with Gasteiger partial charge in [-0.1, -0.05) is 0 Å². The quantitative estimate of drug-likeness (QED) is 0.403. The molecule has 1 unspecified atom stereocenters. The molecule has 0 radical (unpaired) electrons. The lowest BCUT2D eigenvalue weighted by Crippen LogP contribution is -2.40. The molecule has 0 saturated heterocycles. The van der Waals surface area contributed by atoms with Gasteiger partial charge < -0.3 is 20.9 Å². The number of methoxy groups -OCH3 is 1. The van der Waals surface area contributed by atoms with Crippen LogP contribution in [0.1, 0.15) is 0 Å². The fourth-order valence-electron chi connectivity index (χ4n) is 0.588. The Morgan fingerprint density at radius 2 is 2.40 bits per heavy atom. The van der Waals surface area contributed by atoms with Crippen molar-refractivity contribution in [2.75, 3.05) is 33.4 Å². The normalized spacial score (nSPS) is 13.5. The molecular formula is C6H16N2O2. The summed E-state index contributed by atoms with van der Waals surface area (Å²) < 4.78 is 4.80. The lowest BCUT2D eigenvalue weighted by molar-refractivity contribution is 0.184. The van der Waals surface area contributed by atoms with Crippen LogP contribution in [-0.4, -0.2) is 44.6 Å². The molecule has 0 rings (SSSR count). The third-order valence-corrected chi connectivity index (χ3v) is 1.24. The summed E-state index contributed by atoms with van der Waals surface area (Å²) in [6.45, 7) is 1.93. The number of hydrogen-bond donors (Lipinski definition) is 3. The second-order valence-electron chi connectivity index (χ2n) is 2.06. The Labute approximate surface area is 61.4 Å². The second-order valence-corrected chi connectivity index (χ2v) is 2.06. The van der Waals surface area contributed by atoms with Crippen molar-refractivity contribution < 1.29 is 9.84 Å². The number of nitrogens with one attached hydrogen (secondary N) is 1. The van der Waals surface area contributed by atoms with Crippen molar-refractivity contribution in [2.24, 2.45) is 5.73 Å². The molecule has 4 N–H and O–H groups in total. The van der Waals surface area contributed by atoms with Gasteiger partial charge in [-0.25, -0.2) is 0 Å². The average Bonchev–Trinajstić information content (AvgIpc) is 1.99. The van der Waals surface area contributed by atoms with Crippen LogP contribution >= 0.6 is 0 Å². The summed E-state index contributed by atoms with van der Waals surface area (Å²) in [5.41, 5.74) is 5.30. The van der Waals surface area contributed by atoms with E-state index < -0.39 is 0 Å². The van der Waals surface area contributed by atoms with Gasteiger partial charge in [0.1, 0.15) is 0 Å². The van der Waals surface area contributed by atoms with Gasteiger partial charge in [-0.15, -0.1) is 0 Å². The second kappa shape index (κ2) is 6.95. The Hall–Kier alpha value is -0.160. The molecule has 1 atom stereocenters. The van der Waals surface area contributed by atoms with E-state index in [1.165, 1.54) is 0 Å². The predicted molar refractivity (Wildman–Crippen MR) is 39.8 cm³/mol. The van der Waals surface area contributed by atoms with E-state index >= 15 is 0 Å². The molecule has 0 aromatic carbocycles. The lowest BCUT2D eigenvalue weighted by atomic mass is 10.3. The maximum atomic E-state index is 8.64. The van der Waals surface area contributed by atoms with Crippen LogP contribution in [0.15, 0.2) is 0 Å². The van der Waals surface area contributed by atoms with Gasteiger partial charge in [0.2, 0.25) is 0 Å². The van der Waals surface area contributed by atoms with E-state index in [9.17, 15) is 0 Å². The molecule has 0 spiro atoms. The number of hydrogen-bond acceptors (Lipinski definition) is 4. The minimum absolute atomic E-state index is 0.00940. The van der Waals surface area contributed by atoms with E-state index in [1.807, 2.05) is 0 Å². The lowest BCUT2D eigenvalue weighted by Gasteiger charge is -2.12. The molecule has 0 aliphatic carbocycles. The van der Waals surface area contributed by atoms with Crippen LogP contribution < -0.4 is 11.1 Å². The number of rotatable bonds is 6. The Kier molecular flexibility index (Phi) is 6.84. The van der Waals surface area contributed by atoms with Crippen LogP contribution in [0.25, 0.3) is 0 Å². The number of aliphatic hydroxyl groups excluding tert-OH is 1. The third-order valence-electron chi connectivity index (χ3n) is 1.24. The molecular weight excluding hydrogens is 132 g/mol. The van der Waals surface area contributed by atoms with Crippen LogP contribution in [-0.2, 0) is 4.74 Å². The van der Waals surface area contributed by atoms with Gasteiger partial charge in [-0.05, 0) is 0 Å². The molecule has 0 amide bonds. The topological polar surface area (TPSA) is 67.5 Å². The van der Waals surface area contributed by atoms with Crippen LogP contribution in [0.5, 0.6) is 0 Å². The molecule has 0 aromatic heterocycles. The fraction of sp³-hybridized carbons (Fsp3) is 1.00. The first-order valence-corrected chi connectivity index (χ1v) is 3.38. The highest BCUT2D eigenvalue weighted by molar-refractivity contribution is 4.64. The summed E-state index contributed by atoms with van der Waals surface area (Å²) in [5, 5.41) is 11.7. The molecule has 62 valence electrons. The number of nitrogens with two attached hydrogens (primary N) is 1. The molecule has 10 heavy (non-hydrogen) atoms. The summed E-state index contributed by atoms with van der Waals surface area (Å²) in [7, 11) is 1.64. The summed E-state index contributed by atoms with van der Waals surface area (Å²) in [6.07, 6.45) is 0. The standard InChI is InChI=1S/C6H16N2O2/c1-10-3-2-8-6(4-7)5-9/h6,8-9H,2-5,7H2,1H3. The highest BCUT2D eigenvalue weighted by Gasteiger charge is 2.00. The van der Waals surface area contributed by atoms with Crippen LogP contribution in [0.4, 0.5) is 0 Å². The summed E-state index contributed by atoms with van der Waals surface area (Å²) in [6, 6.07) is 0.00940. The Balaban J connectivity index is 3.09. The van der Waals surface area contributed by atoms with Crippen molar-refractivity contribution in [3.05, 3.63) is 0 Å². The van der Waals surface area contributed by atoms with E-state index in [1.54, 1.807) is 7.11 Å². The first-order valence-electron chi connectivity index (χ1n) is 3.38. The van der Waals surface area contributed by atoms with E-state index in [0.29, 0.717) is 13.2 Å². The Morgan fingerprint density at radius 3 is 2.80 bits per heavy atom. The Morgan fingerprint density at radius 1 is 1.70 bits per heavy atom. The number of aliphatic hydroxyl groups is 1. The number of ether oxygens (including phenoxy) is 1. The molecule has 0 bridgehead atoms. The van der Waals surface area contributed by atoms with E-state index in [4.69, 9.17) is 15.6 Å². The highest BCUT2D eigenvalue weighted by atomic mass is 16.5. The van der Waals surface area contributed by atoms with Crippen molar-refractivity contribution in [2.45, 2.75) is 6.04 Å². The van der Waals surface area contributed by atoms with Crippen molar-refractivity contribution in [3.63, 3.8) is 0 Å². The zero-order valence-corrected chi connectivity index (χ0v) is 6.34. The molecule has 0 aromatic rings. The smallest absolute Gasteiger partial charge is 0.0597 e.